The number of rotatable bonds is 8. The largest absolute Gasteiger partial charge is 0.493 e. The van der Waals surface area contributed by atoms with E-state index >= 15 is 0 Å². The monoisotopic (exact) mass is 423 g/mol. The number of ether oxygens (including phenoxy) is 2. The summed E-state index contributed by atoms with van der Waals surface area (Å²) >= 11 is 0. The normalized spacial score (nSPS) is 16.8. The number of nitrogens with zero attached hydrogens (tertiary/aromatic N) is 2. The second kappa shape index (κ2) is 8.88. The molecule has 0 amide bonds. The van der Waals surface area contributed by atoms with Crippen LogP contribution in [0.3, 0.4) is 0 Å². The SMILES string of the molecule is COc1cc2c3c(c(NCC(F)(F)F)nc2cc1OCCCN1CCCC1)CCC3. The highest BCUT2D eigenvalue weighted by Gasteiger charge is 2.29. The number of pyridine rings is 1. The summed E-state index contributed by atoms with van der Waals surface area (Å²) in [5, 5.41) is 3.43. The number of likely N-dealkylation sites (tertiary alicyclic amines) is 1. The number of aryl methyl sites for hydroxylation is 1. The maximum absolute atomic E-state index is 12.7. The van der Waals surface area contributed by atoms with E-state index in [0.717, 1.165) is 61.8 Å². The molecule has 1 aromatic carbocycles. The van der Waals surface area contributed by atoms with Crippen LogP contribution in [-0.4, -0.2) is 56.0 Å². The zero-order chi connectivity index (χ0) is 21.1. The fourth-order valence-electron chi connectivity index (χ4n) is 4.45. The van der Waals surface area contributed by atoms with Crippen LogP contribution < -0.4 is 14.8 Å². The molecular weight excluding hydrogens is 395 g/mol. The van der Waals surface area contributed by atoms with Crippen LogP contribution in [0.4, 0.5) is 19.0 Å². The third kappa shape index (κ3) is 4.74. The van der Waals surface area contributed by atoms with Gasteiger partial charge >= 0.3 is 6.18 Å². The summed E-state index contributed by atoms with van der Waals surface area (Å²) in [6, 6.07) is 3.71. The fourth-order valence-corrected chi connectivity index (χ4v) is 4.45. The summed E-state index contributed by atoms with van der Waals surface area (Å²) in [7, 11) is 1.60. The lowest BCUT2D eigenvalue weighted by Crippen LogP contribution is -2.22. The van der Waals surface area contributed by atoms with Gasteiger partial charge in [-0.3, -0.25) is 0 Å². The molecule has 0 atom stereocenters. The maximum Gasteiger partial charge on any atom is 0.405 e. The van der Waals surface area contributed by atoms with Gasteiger partial charge in [-0.1, -0.05) is 0 Å². The van der Waals surface area contributed by atoms with E-state index < -0.39 is 12.7 Å². The zero-order valence-electron chi connectivity index (χ0n) is 17.3. The van der Waals surface area contributed by atoms with Gasteiger partial charge in [-0.05, 0) is 68.8 Å². The van der Waals surface area contributed by atoms with E-state index in [1.165, 1.54) is 12.8 Å². The third-order valence-electron chi connectivity index (χ3n) is 5.87. The van der Waals surface area contributed by atoms with E-state index in [-0.39, 0.29) is 0 Å². The van der Waals surface area contributed by atoms with E-state index in [1.54, 1.807) is 13.2 Å². The Balaban J connectivity index is 1.55. The molecule has 8 heteroatoms. The Morgan fingerprint density at radius 3 is 2.57 bits per heavy atom. The molecule has 2 heterocycles. The van der Waals surface area contributed by atoms with E-state index in [9.17, 15) is 13.2 Å². The number of aromatic nitrogens is 1. The highest BCUT2D eigenvalue weighted by molar-refractivity contribution is 5.89. The molecule has 2 aromatic rings. The number of benzene rings is 1. The predicted molar refractivity (Wildman–Crippen MR) is 111 cm³/mol. The number of hydrogen-bond donors (Lipinski definition) is 1. The number of alkyl halides is 3. The molecule has 1 aliphatic heterocycles. The first kappa shape index (κ1) is 21.0. The summed E-state index contributed by atoms with van der Waals surface area (Å²) in [6.45, 7) is 2.79. The molecule has 1 fully saturated rings. The second-order valence-electron chi connectivity index (χ2n) is 8.01. The van der Waals surface area contributed by atoms with E-state index in [2.05, 4.69) is 15.2 Å². The Bertz CT molecular complexity index is 896. The van der Waals surface area contributed by atoms with Crippen molar-refractivity contribution < 1.29 is 22.6 Å². The third-order valence-corrected chi connectivity index (χ3v) is 5.87. The van der Waals surface area contributed by atoms with Crippen LogP contribution in [0.5, 0.6) is 11.5 Å². The summed E-state index contributed by atoms with van der Waals surface area (Å²) < 4.78 is 49.7. The summed E-state index contributed by atoms with van der Waals surface area (Å²) in [5.74, 6) is 1.55. The minimum atomic E-state index is -4.29. The van der Waals surface area contributed by atoms with Crippen molar-refractivity contribution in [2.45, 2.75) is 44.7 Å². The number of hydrogen-bond acceptors (Lipinski definition) is 5. The number of halogens is 3. The molecule has 0 radical (unpaired) electrons. The Morgan fingerprint density at radius 2 is 1.83 bits per heavy atom. The highest BCUT2D eigenvalue weighted by Crippen LogP contribution is 2.39. The highest BCUT2D eigenvalue weighted by atomic mass is 19.4. The average molecular weight is 423 g/mol. The minimum absolute atomic E-state index is 0.331. The van der Waals surface area contributed by atoms with Crippen molar-refractivity contribution in [2.75, 3.05) is 45.2 Å². The van der Waals surface area contributed by atoms with Gasteiger partial charge in [0.2, 0.25) is 0 Å². The Morgan fingerprint density at radius 1 is 1.07 bits per heavy atom. The lowest BCUT2D eigenvalue weighted by molar-refractivity contribution is -0.115. The Kier molecular flexibility index (Phi) is 6.22. The Labute approximate surface area is 174 Å². The van der Waals surface area contributed by atoms with E-state index in [1.807, 2.05) is 6.07 Å². The number of nitrogens with one attached hydrogen (secondary N) is 1. The van der Waals surface area contributed by atoms with Crippen LogP contribution in [0.15, 0.2) is 12.1 Å². The molecule has 164 valence electrons. The summed E-state index contributed by atoms with van der Waals surface area (Å²) in [6.07, 6.45) is 1.63. The van der Waals surface area contributed by atoms with Crippen molar-refractivity contribution in [3.63, 3.8) is 0 Å². The lowest BCUT2D eigenvalue weighted by atomic mass is 10.0. The average Bonchev–Trinajstić information content (AvgIpc) is 3.40. The molecule has 30 heavy (non-hydrogen) atoms. The van der Waals surface area contributed by atoms with Gasteiger partial charge in [0.05, 0.1) is 19.2 Å². The lowest BCUT2D eigenvalue weighted by Gasteiger charge is -2.18. The molecule has 0 spiro atoms. The topological polar surface area (TPSA) is 46.6 Å². The molecule has 1 N–H and O–H groups in total. The minimum Gasteiger partial charge on any atom is -0.493 e. The molecule has 5 nitrogen and oxygen atoms in total. The maximum atomic E-state index is 12.7. The van der Waals surface area contributed by atoms with Gasteiger partial charge in [0.15, 0.2) is 11.5 Å². The van der Waals surface area contributed by atoms with Gasteiger partial charge in [0, 0.05) is 18.0 Å². The van der Waals surface area contributed by atoms with Gasteiger partial charge in [-0.15, -0.1) is 0 Å². The molecule has 1 aromatic heterocycles. The van der Waals surface area contributed by atoms with Crippen LogP contribution in [0.2, 0.25) is 0 Å². The smallest absolute Gasteiger partial charge is 0.405 e. The first-order chi connectivity index (χ1) is 14.4. The van der Waals surface area contributed by atoms with Crippen LogP contribution >= 0.6 is 0 Å². The van der Waals surface area contributed by atoms with Crippen LogP contribution in [-0.2, 0) is 12.8 Å². The quantitative estimate of drug-likeness (QED) is 0.631. The second-order valence-corrected chi connectivity index (χ2v) is 8.01. The van der Waals surface area contributed by atoms with Crippen LogP contribution in [0, 0.1) is 0 Å². The Hall–Kier alpha value is -2.22. The molecular formula is C22H28F3N3O2. The van der Waals surface area contributed by atoms with Crippen molar-refractivity contribution in [3.8, 4) is 11.5 Å². The molecule has 4 rings (SSSR count). The summed E-state index contributed by atoms with van der Waals surface area (Å²) in [4.78, 5) is 6.96. The molecule has 1 aliphatic carbocycles. The van der Waals surface area contributed by atoms with Crippen molar-refractivity contribution in [2.24, 2.45) is 0 Å². The van der Waals surface area contributed by atoms with Crippen LogP contribution in [0.25, 0.3) is 10.9 Å². The number of anilines is 1. The molecule has 1 saturated heterocycles. The number of fused-ring (bicyclic) bond motifs is 3. The van der Waals surface area contributed by atoms with Crippen molar-refractivity contribution in [3.05, 3.63) is 23.3 Å². The fraction of sp³-hybridized carbons (Fsp3) is 0.591. The molecule has 0 bridgehead atoms. The molecule has 0 unspecified atom stereocenters. The van der Waals surface area contributed by atoms with Gasteiger partial charge in [0.1, 0.15) is 12.4 Å². The van der Waals surface area contributed by atoms with Crippen molar-refractivity contribution in [1.82, 2.24) is 9.88 Å². The standard InChI is InChI=1S/C22H28F3N3O2/c1-29-19-12-17-15-6-4-7-16(15)21(26-14-22(23,24)25)27-18(17)13-20(19)30-11-5-10-28-8-2-3-9-28/h12-13H,2-11,14H2,1H3,(H,26,27). The van der Waals surface area contributed by atoms with Crippen molar-refractivity contribution in [1.29, 1.82) is 0 Å². The van der Waals surface area contributed by atoms with Gasteiger partial charge < -0.3 is 19.7 Å². The van der Waals surface area contributed by atoms with E-state index in [0.29, 0.717) is 29.4 Å². The molecule has 2 aliphatic rings. The van der Waals surface area contributed by atoms with Gasteiger partial charge in [-0.2, -0.15) is 13.2 Å². The van der Waals surface area contributed by atoms with E-state index in [4.69, 9.17) is 9.47 Å². The predicted octanol–water partition coefficient (Wildman–Crippen LogP) is 4.57. The van der Waals surface area contributed by atoms with Crippen molar-refractivity contribution >= 4 is 16.7 Å². The van der Waals surface area contributed by atoms with Crippen LogP contribution in [0.1, 0.15) is 36.8 Å². The summed E-state index contributed by atoms with van der Waals surface area (Å²) in [5.41, 5.74) is 2.58. The first-order valence-corrected chi connectivity index (χ1v) is 10.6. The van der Waals surface area contributed by atoms with Gasteiger partial charge in [-0.25, -0.2) is 4.98 Å². The molecule has 0 saturated carbocycles. The van der Waals surface area contributed by atoms with Gasteiger partial charge in [0.25, 0.3) is 0 Å². The number of methoxy groups -OCH3 is 1. The zero-order valence-corrected chi connectivity index (χ0v) is 17.3. The first-order valence-electron chi connectivity index (χ1n) is 10.6.